The molecule has 1 amide bonds. The van der Waals surface area contributed by atoms with Gasteiger partial charge in [-0.1, -0.05) is 12.1 Å². The molecule has 0 radical (unpaired) electrons. The lowest BCUT2D eigenvalue weighted by Crippen LogP contribution is -2.11. The summed E-state index contributed by atoms with van der Waals surface area (Å²) in [6, 6.07) is 10.4. The molecule has 2 aromatic heterocycles. The molecule has 3 rings (SSSR count). The second-order valence-corrected chi connectivity index (χ2v) is 5.91. The van der Waals surface area contributed by atoms with Gasteiger partial charge in [0.15, 0.2) is 0 Å². The number of hydrogen-bond donors (Lipinski definition) is 2. The van der Waals surface area contributed by atoms with Gasteiger partial charge in [0.25, 0.3) is 0 Å². The zero-order valence-corrected chi connectivity index (χ0v) is 14.1. The van der Waals surface area contributed by atoms with Crippen LogP contribution in [0.15, 0.2) is 53.3 Å². The van der Waals surface area contributed by atoms with Crippen molar-refractivity contribution >= 4 is 11.6 Å². The van der Waals surface area contributed by atoms with Gasteiger partial charge in [0.1, 0.15) is 17.2 Å². The normalized spacial score (nSPS) is 10.8. The Kier molecular flexibility index (Phi) is 5.18. The maximum atomic E-state index is 12.1. The van der Waals surface area contributed by atoms with Gasteiger partial charge in [0.05, 0.1) is 5.69 Å². The van der Waals surface area contributed by atoms with Crippen LogP contribution in [0.4, 0.5) is 5.69 Å². The van der Waals surface area contributed by atoms with Crippen molar-refractivity contribution in [3.63, 3.8) is 0 Å². The molecule has 0 spiro atoms. The molecule has 0 aliphatic rings. The Morgan fingerprint density at radius 2 is 2.08 bits per heavy atom. The van der Waals surface area contributed by atoms with Crippen LogP contribution in [-0.4, -0.2) is 20.7 Å². The molecule has 0 atom stereocenters. The molecule has 3 aromatic rings. The highest BCUT2D eigenvalue weighted by Crippen LogP contribution is 2.22. The second-order valence-electron chi connectivity index (χ2n) is 5.91. The first kappa shape index (κ1) is 16.8. The third-order valence-corrected chi connectivity index (χ3v) is 3.84. The molecule has 0 saturated carbocycles. The summed E-state index contributed by atoms with van der Waals surface area (Å²) in [5.41, 5.74) is 2.35. The number of amides is 1. The Balaban J connectivity index is 1.52. The molecular weight excluding hydrogens is 318 g/mol. The van der Waals surface area contributed by atoms with Crippen molar-refractivity contribution in [1.29, 1.82) is 0 Å². The number of anilines is 1. The highest BCUT2D eigenvalue weighted by molar-refractivity contribution is 5.90. The molecule has 6 heteroatoms. The molecule has 130 valence electrons. The van der Waals surface area contributed by atoms with Gasteiger partial charge >= 0.3 is 0 Å². The lowest BCUT2D eigenvalue weighted by atomic mass is 10.1. The van der Waals surface area contributed by atoms with Crippen molar-refractivity contribution in [2.45, 2.75) is 32.7 Å². The Morgan fingerprint density at radius 1 is 1.28 bits per heavy atom. The van der Waals surface area contributed by atoms with Crippen molar-refractivity contribution < 1.29 is 14.4 Å². The number of aryl methyl sites for hydroxylation is 2. The van der Waals surface area contributed by atoms with Crippen LogP contribution in [0.5, 0.6) is 5.75 Å². The Bertz CT molecular complexity index is 834. The lowest BCUT2D eigenvalue weighted by Gasteiger charge is -2.01. The number of hydrogen-bond acceptors (Lipinski definition) is 4. The van der Waals surface area contributed by atoms with E-state index in [0.29, 0.717) is 24.3 Å². The smallest absolute Gasteiger partial charge is 0.224 e. The summed E-state index contributed by atoms with van der Waals surface area (Å²) in [5.74, 6) is 0.801. The van der Waals surface area contributed by atoms with E-state index in [1.165, 1.54) is 0 Å². The number of carbonyl (C=O) groups excluding carboxylic acids is 1. The number of phenolic OH excluding ortho intramolecular Hbond substituents is 1. The molecular formula is C19H21N3O3. The summed E-state index contributed by atoms with van der Waals surface area (Å²) < 4.78 is 7.34. The van der Waals surface area contributed by atoms with Gasteiger partial charge in [0, 0.05) is 43.4 Å². The largest absolute Gasteiger partial charge is 0.508 e. The number of aromatic hydroxyl groups is 1. The fourth-order valence-electron chi connectivity index (χ4n) is 2.57. The molecule has 0 aliphatic heterocycles. The second kappa shape index (κ2) is 7.70. The highest BCUT2D eigenvalue weighted by Gasteiger charge is 2.10. The summed E-state index contributed by atoms with van der Waals surface area (Å²) in [7, 11) is 0. The monoisotopic (exact) mass is 339 g/mol. The molecule has 0 aliphatic carbocycles. The van der Waals surface area contributed by atoms with E-state index in [4.69, 9.17) is 4.52 Å². The Labute approximate surface area is 146 Å². The standard InChI is InChI=1S/C19H21N3O3/c1-2-10-22-11-9-15(13-22)20-19(24)8-7-17-12-18(21-25-17)14-3-5-16(23)6-4-14/h3-6,9,11-13,23H,2,7-8,10H2,1H3,(H,20,24). The van der Waals surface area contributed by atoms with Crippen molar-refractivity contribution in [3.8, 4) is 17.0 Å². The van der Waals surface area contributed by atoms with Crippen LogP contribution in [0.3, 0.4) is 0 Å². The minimum absolute atomic E-state index is 0.0585. The summed E-state index contributed by atoms with van der Waals surface area (Å²) >= 11 is 0. The number of carbonyl (C=O) groups is 1. The van der Waals surface area contributed by atoms with E-state index >= 15 is 0 Å². The van der Waals surface area contributed by atoms with Gasteiger partial charge in [-0.3, -0.25) is 4.79 Å². The maximum Gasteiger partial charge on any atom is 0.224 e. The Hall–Kier alpha value is -3.02. The van der Waals surface area contributed by atoms with E-state index in [9.17, 15) is 9.90 Å². The van der Waals surface area contributed by atoms with E-state index in [2.05, 4.69) is 22.0 Å². The van der Waals surface area contributed by atoms with Crippen molar-refractivity contribution in [2.24, 2.45) is 0 Å². The molecule has 0 saturated heterocycles. The van der Waals surface area contributed by atoms with Gasteiger partial charge in [-0.15, -0.1) is 0 Å². The quantitative estimate of drug-likeness (QED) is 0.685. The van der Waals surface area contributed by atoms with Gasteiger partial charge in [-0.25, -0.2) is 0 Å². The molecule has 2 N–H and O–H groups in total. The predicted molar refractivity (Wildman–Crippen MR) is 95.3 cm³/mol. The van der Waals surface area contributed by atoms with E-state index in [1.54, 1.807) is 24.3 Å². The van der Waals surface area contributed by atoms with Crippen LogP contribution in [0.2, 0.25) is 0 Å². The number of benzene rings is 1. The molecule has 25 heavy (non-hydrogen) atoms. The van der Waals surface area contributed by atoms with Crippen LogP contribution in [0, 0.1) is 0 Å². The van der Waals surface area contributed by atoms with Crippen LogP contribution in [0.25, 0.3) is 11.3 Å². The topological polar surface area (TPSA) is 80.3 Å². The van der Waals surface area contributed by atoms with Crippen molar-refractivity contribution in [2.75, 3.05) is 5.32 Å². The van der Waals surface area contributed by atoms with E-state index in [1.807, 2.05) is 24.5 Å². The van der Waals surface area contributed by atoms with E-state index < -0.39 is 0 Å². The van der Waals surface area contributed by atoms with Crippen molar-refractivity contribution in [1.82, 2.24) is 9.72 Å². The first-order valence-electron chi connectivity index (χ1n) is 8.34. The van der Waals surface area contributed by atoms with Crippen LogP contribution in [-0.2, 0) is 17.8 Å². The van der Waals surface area contributed by atoms with Crippen molar-refractivity contribution in [3.05, 3.63) is 54.6 Å². The van der Waals surface area contributed by atoms with E-state index in [-0.39, 0.29) is 11.7 Å². The van der Waals surface area contributed by atoms with Gasteiger partial charge < -0.3 is 19.5 Å². The first-order chi connectivity index (χ1) is 12.1. The van der Waals surface area contributed by atoms with E-state index in [0.717, 1.165) is 24.2 Å². The van der Waals surface area contributed by atoms with Gasteiger partial charge in [-0.05, 0) is 36.8 Å². The SMILES string of the molecule is CCCn1ccc(NC(=O)CCc2cc(-c3ccc(O)cc3)no2)c1. The average molecular weight is 339 g/mol. The summed E-state index contributed by atoms with van der Waals surface area (Å²) in [6.45, 7) is 3.05. The van der Waals surface area contributed by atoms with Gasteiger partial charge in [0.2, 0.25) is 5.91 Å². The average Bonchev–Trinajstić information content (AvgIpc) is 3.24. The first-order valence-corrected chi connectivity index (χ1v) is 8.34. The third kappa shape index (κ3) is 4.50. The zero-order chi connectivity index (χ0) is 17.6. The molecule has 0 unspecified atom stereocenters. The lowest BCUT2D eigenvalue weighted by molar-refractivity contribution is -0.116. The molecule has 0 bridgehead atoms. The summed E-state index contributed by atoms with van der Waals surface area (Å²) in [5, 5.41) is 16.2. The molecule has 1 aromatic carbocycles. The number of rotatable bonds is 7. The van der Waals surface area contributed by atoms with Gasteiger partial charge in [-0.2, -0.15) is 0 Å². The predicted octanol–water partition coefficient (Wildman–Crippen LogP) is 3.83. The molecule has 6 nitrogen and oxygen atoms in total. The highest BCUT2D eigenvalue weighted by atomic mass is 16.5. The summed E-state index contributed by atoms with van der Waals surface area (Å²) in [4.78, 5) is 12.1. The fraction of sp³-hybridized carbons (Fsp3) is 0.263. The number of nitrogens with one attached hydrogen (secondary N) is 1. The van der Waals surface area contributed by atoms with Crippen LogP contribution < -0.4 is 5.32 Å². The molecule has 0 fully saturated rings. The fourth-order valence-corrected chi connectivity index (χ4v) is 2.57. The van der Waals surface area contributed by atoms with Crippen LogP contribution >= 0.6 is 0 Å². The Morgan fingerprint density at radius 3 is 2.84 bits per heavy atom. The number of aromatic nitrogens is 2. The molecule has 2 heterocycles. The maximum absolute atomic E-state index is 12.1. The number of phenols is 1. The summed E-state index contributed by atoms with van der Waals surface area (Å²) in [6.07, 6.45) is 5.74. The minimum Gasteiger partial charge on any atom is -0.508 e. The number of nitrogens with zero attached hydrogens (tertiary/aromatic N) is 2. The van der Waals surface area contributed by atoms with Crippen LogP contribution in [0.1, 0.15) is 25.5 Å². The third-order valence-electron chi connectivity index (χ3n) is 3.84. The minimum atomic E-state index is -0.0585. The zero-order valence-electron chi connectivity index (χ0n) is 14.1.